The van der Waals surface area contributed by atoms with Gasteiger partial charge >= 0.3 is 11.9 Å². The zero-order valence-electron chi connectivity index (χ0n) is 69.6. The average molecular weight is 1640 g/mol. The molecule has 0 spiro atoms. The summed E-state index contributed by atoms with van der Waals surface area (Å²) in [4.78, 5) is 59.3. The number of nitrogens with two attached hydrogens (primary N) is 1. The first-order chi connectivity index (χ1) is 55.7. The molecular formula is C81H155NO31. The van der Waals surface area contributed by atoms with Gasteiger partial charge in [-0.1, -0.05) is 96.8 Å². The highest BCUT2D eigenvalue weighted by Gasteiger charge is 2.22. The van der Waals surface area contributed by atoms with Gasteiger partial charge in [-0.3, -0.25) is 24.0 Å². The lowest BCUT2D eigenvalue weighted by atomic mass is 9.93. The molecule has 0 saturated heterocycles. The highest BCUT2D eigenvalue weighted by molar-refractivity contribution is 5.84. The predicted molar refractivity (Wildman–Crippen MR) is 423 cm³/mol. The Morgan fingerprint density at radius 3 is 0.637 bits per heavy atom. The van der Waals surface area contributed by atoms with Crippen molar-refractivity contribution in [1.82, 2.24) is 0 Å². The lowest BCUT2D eigenvalue weighted by molar-refractivity contribution is -0.144. The minimum atomic E-state index is -1.01. The van der Waals surface area contributed by atoms with E-state index in [0.717, 1.165) is 32.1 Å². The maximum Gasteiger partial charge on any atom is 0.320 e. The number of carbonyl (C=O) groups excluding carboxylic acids is 3. The van der Waals surface area contributed by atoms with Crippen LogP contribution in [-0.2, 0) is 138 Å². The molecule has 32 heteroatoms. The Morgan fingerprint density at radius 2 is 0.398 bits per heavy atom. The Morgan fingerprint density at radius 1 is 0.204 bits per heavy atom. The van der Waals surface area contributed by atoms with Gasteiger partial charge in [-0.2, -0.15) is 0 Å². The molecule has 0 aromatic heterocycles. The molecule has 0 aliphatic carbocycles. The first kappa shape index (κ1) is 110. The van der Waals surface area contributed by atoms with Gasteiger partial charge in [0, 0.05) is 45.1 Å². The SMILES string of the molecule is CCCCCCCCCCCCCCCC(=O)C[C@@H](CCC(=O)CCCOCCOCCOCCOCCOCCOCCOCCOCCOCCOCCOCCOCCOCCOCCOCCOCCOCCOCCOCCOCCOCCOCCOCCOCCC(=O)CCCCC[C@H](N)C(=O)O)C(=O)O. The van der Waals surface area contributed by atoms with Gasteiger partial charge in [-0.25, -0.2) is 0 Å². The molecule has 0 aliphatic rings. The summed E-state index contributed by atoms with van der Waals surface area (Å²) in [5.41, 5.74) is 5.47. The number of unbranched alkanes of at least 4 members (excludes halogenated alkanes) is 14. The maximum absolute atomic E-state index is 12.5. The summed E-state index contributed by atoms with van der Waals surface area (Å²) in [5, 5.41) is 18.4. The first-order valence-electron chi connectivity index (χ1n) is 42.3. The molecule has 32 nitrogen and oxygen atoms in total. The van der Waals surface area contributed by atoms with Crippen molar-refractivity contribution in [3.63, 3.8) is 0 Å². The number of aliphatic carboxylic acids is 2. The second-order valence-electron chi connectivity index (χ2n) is 26.5. The third kappa shape index (κ3) is 94.3. The molecule has 0 saturated carbocycles. The van der Waals surface area contributed by atoms with Crippen LogP contribution in [0.4, 0.5) is 0 Å². The van der Waals surface area contributed by atoms with Crippen LogP contribution in [0.1, 0.15) is 167 Å². The topological polar surface area (TPSA) is 373 Å². The van der Waals surface area contributed by atoms with Crippen LogP contribution >= 0.6 is 0 Å². The van der Waals surface area contributed by atoms with Crippen molar-refractivity contribution < 1.29 is 148 Å². The Labute approximate surface area is 676 Å². The molecule has 0 radical (unpaired) electrons. The predicted octanol–water partition coefficient (Wildman–Crippen LogP) is 7.98. The monoisotopic (exact) mass is 1640 g/mol. The molecule has 2 atom stereocenters. The van der Waals surface area contributed by atoms with Crippen LogP contribution in [0, 0.1) is 5.92 Å². The van der Waals surface area contributed by atoms with Crippen LogP contribution in [0.15, 0.2) is 0 Å². The van der Waals surface area contributed by atoms with Crippen LogP contribution in [0.5, 0.6) is 0 Å². The number of carboxylic acid groups (broad SMARTS) is 2. The van der Waals surface area contributed by atoms with E-state index in [2.05, 4.69) is 6.92 Å². The highest BCUT2D eigenvalue weighted by atomic mass is 16.6. The van der Waals surface area contributed by atoms with Crippen molar-refractivity contribution in [2.45, 2.75) is 173 Å². The molecule has 0 heterocycles. The Bertz CT molecular complexity index is 1960. The normalized spacial score (nSPS) is 12.2. The van der Waals surface area contributed by atoms with Gasteiger partial charge in [0.05, 0.1) is 316 Å². The van der Waals surface area contributed by atoms with Gasteiger partial charge in [0.2, 0.25) is 0 Å². The van der Waals surface area contributed by atoms with E-state index in [9.17, 15) is 29.1 Å². The van der Waals surface area contributed by atoms with Crippen LogP contribution in [0.25, 0.3) is 0 Å². The summed E-state index contributed by atoms with van der Waals surface area (Å²) in [6, 6.07) is -0.835. The number of carboxylic acids is 2. The van der Waals surface area contributed by atoms with Gasteiger partial charge < -0.3 is 130 Å². The fourth-order valence-corrected chi connectivity index (χ4v) is 10.3. The molecule has 670 valence electrons. The number of rotatable bonds is 103. The maximum atomic E-state index is 12.5. The van der Waals surface area contributed by atoms with Crippen molar-refractivity contribution >= 4 is 29.3 Å². The van der Waals surface area contributed by atoms with Crippen molar-refractivity contribution in [2.24, 2.45) is 11.7 Å². The van der Waals surface area contributed by atoms with Crippen LogP contribution in [0.2, 0.25) is 0 Å². The first-order valence-corrected chi connectivity index (χ1v) is 42.3. The summed E-state index contributed by atoms with van der Waals surface area (Å²) in [6.45, 7) is 24.0. The minimum Gasteiger partial charge on any atom is -0.481 e. The summed E-state index contributed by atoms with van der Waals surface area (Å²) in [7, 11) is 0. The molecule has 0 amide bonds. The highest BCUT2D eigenvalue weighted by Crippen LogP contribution is 2.18. The molecular weight excluding hydrogens is 1480 g/mol. The van der Waals surface area contributed by atoms with E-state index in [4.69, 9.17) is 125 Å². The van der Waals surface area contributed by atoms with Crippen molar-refractivity contribution in [3.05, 3.63) is 0 Å². The molecule has 113 heavy (non-hydrogen) atoms. The van der Waals surface area contributed by atoms with Gasteiger partial charge in [0.25, 0.3) is 0 Å². The second kappa shape index (κ2) is 96.1. The molecule has 0 aromatic rings. The van der Waals surface area contributed by atoms with E-state index in [1.54, 1.807) is 0 Å². The molecule has 0 aliphatic heterocycles. The summed E-state index contributed by atoms with van der Waals surface area (Å²) in [5.74, 6) is -2.70. The third-order valence-electron chi connectivity index (χ3n) is 16.8. The van der Waals surface area contributed by atoms with Crippen LogP contribution < -0.4 is 5.73 Å². The zero-order chi connectivity index (χ0) is 81.6. The number of ketones is 3. The smallest absolute Gasteiger partial charge is 0.320 e. The minimum absolute atomic E-state index is 0.00239. The third-order valence-corrected chi connectivity index (χ3v) is 16.8. The molecule has 0 rings (SSSR count). The van der Waals surface area contributed by atoms with E-state index < -0.39 is 23.9 Å². The second-order valence-corrected chi connectivity index (χ2v) is 26.5. The fraction of sp³-hybridized carbons (Fsp3) is 0.938. The summed E-state index contributed by atoms with van der Waals surface area (Å²) in [6.07, 6.45) is 21.1. The van der Waals surface area contributed by atoms with E-state index in [1.807, 2.05) is 0 Å². The van der Waals surface area contributed by atoms with Gasteiger partial charge in [-0.05, 0) is 32.1 Å². The summed E-state index contributed by atoms with van der Waals surface area (Å²) >= 11 is 0. The van der Waals surface area contributed by atoms with E-state index in [1.165, 1.54) is 64.2 Å². The molecule has 0 aromatic carbocycles. The quantitative estimate of drug-likeness (QED) is 0.0486. The van der Waals surface area contributed by atoms with Crippen LogP contribution in [-0.4, -0.2) is 363 Å². The number of ether oxygens (including phenoxy) is 24. The molecule has 4 N–H and O–H groups in total. The lowest BCUT2D eigenvalue weighted by Gasteiger charge is -2.11. The Balaban J connectivity index is 3.22. The number of Topliss-reactive ketones (excluding diaryl/α,β-unsaturated/α-hetero) is 3. The van der Waals surface area contributed by atoms with Crippen molar-refractivity contribution in [3.8, 4) is 0 Å². The van der Waals surface area contributed by atoms with E-state index in [-0.39, 0.29) is 36.6 Å². The van der Waals surface area contributed by atoms with E-state index in [0.29, 0.717) is 362 Å². The average Bonchev–Trinajstić information content (AvgIpc) is 0.932. The standard InChI is InChI=1S/C81H155NO31/c1-2-3-4-5-6-7-8-9-10-11-12-13-15-20-78(85)74-75(80(86)87)23-24-76(83)21-18-26-90-28-30-92-32-34-94-36-38-96-40-42-98-44-46-100-48-50-102-52-54-104-56-58-106-60-62-108-64-66-110-68-70-112-72-73-113-71-69-111-67-65-109-63-61-107-59-57-105-55-53-103-51-49-101-47-45-99-43-41-97-39-37-95-35-33-93-31-29-91-27-25-77(84)19-16-14-17-22-79(82)81(88)89/h75,79H,2-74,82H2,1H3,(H,86,87)(H,88,89)/t75-,79+/m1/s1. The summed E-state index contributed by atoms with van der Waals surface area (Å²) < 4.78 is 133. The van der Waals surface area contributed by atoms with Crippen molar-refractivity contribution in [2.75, 3.05) is 317 Å². The van der Waals surface area contributed by atoms with Gasteiger partial charge in [0.1, 0.15) is 23.4 Å². The van der Waals surface area contributed by atoms with Gasteiger partial charge in [-0.15, -0.1) is 0 Å². The largest absolute Gasteiger partial charge is 0.481 e. The van der Waals surface area contributed by atoms with Crippen molar-refractivity contribution in [1.29, 1.82) is 0 Å². The number of carbonyl (C=O) groups is 5. The molecule has 0 fully saturated rings. The van der Waals surface area contributed by atoms with E-state index >= 15 is 0 Å². The number of hydrogen-bond acceptors (Lipinski definition) is 30. The Hall–Kier alpha value is -3.05. The Kier molecular flexibility index (Phi) is 93.5. The molecule has 0 bridgehead atoms. The fourth-order valence-electron chi connectivity index (χ4n) is 10.3. The zero-order valence-corrected chi connectivity index (χ0v) is 69.6. The number of hydrogen-bond donors (Lipinski definition) is 3. The molecule has 0 unspecified atom stereocenters. The van der Waals surface area contributed by atoms with Crippen LogP contribution in [0.3, 0.4) is 0 Å². The van der Waals surface area contributed by atoms with Gasteiger partial charge in [0.15, 0.2) is 0 Å². The lowest BCUT2D eigenvalue weighted by Crippen LogP contribution is -2.29.